The van der Waals surface area contributed by atoms with Crippen LogP contribution in [0, 0.1) is 5.82 Å². The summed E-state index contributed by atoms with van der Waals surface area (Å²) >= 11 is 0. The second kappa shape index (κ2) is 9.14. The number of carbonyl (C=O) groups excluding carboxylic acids is 1. The molecular formula is C22H22FN3O3. The number of hydrogen-bond acceptors (Lipinski definition) is 4. The number of amides is 1. The van der Waals surface area contributed by atoms with Crippen molar-refractivity contribution in [1.29, 1.82) is 0 Å². The Balaban J connectivity index is 1.66. The second-order valence-electron chi connectivity index (χ2n) is 6.60. The summed E-state index contributed by atoms with van der Waals surface area (Å²) in [5.41, 5.74) is 1.95. The number of methoxy groups -OCH3 is 1. The lowest BCUT2D eigenvalue weighted by molar-refractivity contribution is -0.122. The molecule has 1 unspecified atom stereocenters. The SMILES string of the molecule is COc1cccc(-c2ccc(=O)n(CCC(=O)NC(C)c3ccc(F)cc3)n2)c1. The van der Waals surface area contributed by atoms with E-state index in [9.17, 15) is 14.0 Å². The van der Waals surface area contributed by atoms with Gasteiger partial charge in [-0.25, -0.2) is 9.07 Å². The van der Waals surface area contributed by atoms with Gasteiger partial charge in [0.1, 0.15) is 11.6 Å². The monoisotopic (exact) mass is 395 g/mol. The van der Waals surface area contributed by atoms with Gasteiger partial charge in [0.05, 0.1) is 25.4 Å². The topological polar surface area (TPSA) is 73.2 Å². The number of halogens is 1. The van der Waals surface area contributed by atoms with Gasteiger partial charge in [0.15, 0.2) is 0 Å². The molecule has 0 aliphatic heterocycles. The van der Waals surface area contributed by atoms with Crippen LogP contribution in [0.5, 0.6) is 5.75 Å². The lowest BCUT2D eigenvalue weighted by Crippen LogP contribution is -2.30. The number of hydrogen-bond donors (Lipinski definition) is 1. The fourth-order valence-electron chi connectivity index (χ4n) is 2.90. The van der Waals surface area contributed by atoms with Gasteiger partial charge in [0.25, 0.3) is 5.56 Å². The van der Waals surface area contributed by atoms with Crippen molar-refractivity contribution in [2.45, 2.75) is 25.9 Å². The minimum absolute atomic E-state index is 0.0972. The molecule has 0 saturated carbocycles. The average Bonchev–Trinajstić information content (AvgIpc) is 2.73. The summed E-state index contributed by atoms with van der Waals surface area (Å²) in [7, 11) is 1.58. The molecule has 0 saturated heterocycles. The molecule has 2 aromatic carbocycles. The number of aromatic nitrogens is 2. The van der Waals surface area contributed by atoms with Crippen molar-refractivity contribution in [3.8, 4) is 17.0 Å². The number of nitrogens with zero attached hydrogens (tertiary/aromatic N) is 2. The van der Waals surface area contributed by atoms with Crippen LogP contribution in [0.4, 0.5) is 4.39 Å². The van der Waals surface area contributed by atoms with Gasteiger partial charge in [-0.05, 0) is 42.8 Å². The highest BCUT2D eigenvalue weighted by Gasteiger charge is 2.11. The molecule has 0 radical (unpaired) electrons. The largest absolute Gasteiger partial charge is 0.497 e. The van der Waals surface area contributed by atoms with Crippen LogP contribution in [0.25, 0.3) is 11.3 Å². The third-order valence-electron chi connectivity index (χ3n) is 4.53. The van der Waals surface area contributed by atoms with Gasteiger partial charge in [-0.3, -0.25) is 9.59 Å². The molecule has 3 aromatic rings. The lowest BCUT2D eigenvalue weighted by atomic mass is 10.1. The third-order valence-corrected chi connectivity index (χ3v) is 4.53. The lowest BCUT2D eigenvalue weighted by Gasteiger charge is -2.14. The highest BCUT2D eigenvalue weighted by atomic mass is 19.1. The van der Waals surface area contributed by atoms with Crippen molar-refractivity contribution >= 4 is 5.91 Å². The molecule has 29 heavy (non-hydrogen) atoms. The Hall–Kier alpha value is -3.48. The highest BCUT2D eigenvalue weighted by molar-refractivity contribution is 5.76. The smallest absolute Gasteiger partial charge is 0.266 e. The number of aryl methyl sites for hydroxylation is 1. The molecule has 0 aliphatic carbocycles. The Kier molecular flexibility index (Phi) is 6.39. The van der Waals surface area contributed by atoms with Gasteiger partial charge in [0.2, 0.25) is 5.91 Å². The van der Waals surface area contributed by atoms with Crippen molar-refractivity contribution in [3.05, 3.63) is 82.4 Å². The van der Waals surface area contributed by atoms with E-state index in [0.717, 1.165) is 11.1 Å². The van der Waals surface area contributed by atoms with Gasteiger partial charge in [-0.15, -0.1) is 0 Å². The van der Waals surface area contributed by atoms with E-state index in [2.05, 4.69) is 10.4 Å². The minimum Gasteiger partial charge on any atom is -0.497 e. The Morgan fingerprint density at radius 2 is 1.93 bits per heavy atom. The van der Waals surface area contributed by atoms with Crippen molar-refractivity contribution in [2.75, 3.05) is 7.11 Å². The first-order chi connectivity index (χ1) is 14.0. The Labute approximate surface area is 168 Å². The molecular weight excluding hydrogens is 373 g/mol. The molecule has 0 aliphatic rings. The molecule has 1 aromatic heterocycles. The summed E-state index contributed by atoms with van der Waals surface area (Å²) in [6.07, 6.45) is 0.0972. The summed E-state index contributed by atoms with van der Waals surface area (Å²) < 4.78 is 19.5. The molecule has 0 bridgehead atoms. The highest BCUT2D eigenvalue weighted by Crippen LogP contribution is 2.21. The van der Waals surface area contributed by atoms with Crippen LogP contribution in [0.2, 0.25) is 0 Å². The van der Waals surface area contributed by atoms with Gasteiger partial charge >= 0.3 is 0 Å². The van der Waals surface area contributed by atoms with Crippen LogP contribution in [0.3, 0.4) is 0 Å². The summed E-state index contributed by atoms with van der Waals surface area (Å²) in [5.74, 6) is 0.146. The van der Waals surface area contributed by atoms with Crippen molar-refractivity contribution in [3.63, 3.8) is 0 Å². The standard InChI is InChI=1S/C22H22FN3O3/c1-15(16-6-8-18(23)9-7-16)24-21(27)12-13-26-22(28)11-10-20(25-26)17-4-3-5-19(14-17)29-2/h3-11,14-15H,12-13H2,1-2H3,(H,24,27). The zero-order valence-corrected chi connectivity index (χ0v) is 16.3. The maximum Gasteiger partial charge on any atom is 0.266 e. The molecule has 0 spiro atoms. The minimum atomic E-state index is -0.325. The molecule has 1 heterocycles. The zero-order valence-electron chi connectivity index (χ0n) is 16.3. The van der Waals surface area contributed by atoms with Crippen LogP contribution >= 0.6 is 0 Å². The summed E-state index contributed by atoms with van der Waals surface area (Å²) in [5, 5.41) is 7.21. The van der Waals surface area contributed by atoms with Gasteiger partial charge in [-0.2, -0.15) is 5.10 Å². The van der Waals surface area contributed by atoms with Gasteiger partial charge < -0.3 is 10.1 Å². The second-order valence-corrected chi connectivity index (χ2v) is 6.60. The molecule has 3 rings (SSSR count). The number of ether oxygens (including phenoxy) is 1. The van der Waals surface area contributed by atoms with E-state index >= 15 is 0 Å². The van der Waals surface area contributed by atoms with E-state index in [4.69, 9.17) is 4.74 Å². The number of rotatable bonds is 7. The summed E-state index contributed by atoms with van der Waals surface area (Å²) in [4.78, 5) is 24.4. The fourth-order valence-corrected chi connectivity index (χ4v) is 2.90. The van der Waals surface area contributed by atoms with E-state index in [1.165, 1.54) is 22.9 Å². The van der Waals surface area contributed by atoms with Crippen LogP contribution in [-0.2, 0) is 11.3 Å². The molecule has 0 fully saturated rings. The first-order valence-corrected chi connectivity index (χ1v) is 9.23. The normalized spacial score (nSPS) is 11.7. The average molecular weight is 395 g/mol. The fraction of sp³-hybridized carbons (Fsp3) is 0.227. The Morgan fingerprint density at radius 3 is 2.66 bits per heavy atom. The third kappa shape index (κ3) is 5.28. The van der Waals surface area contributed by atoms with E-state index in [-0.39, 0.29) is 36.3 Å². The maximum atomic E-state index is 13.0. The predicted molar refractivity (Wildman–Crippen MR) is 108 cm³/mol. The first kappa shape index (κ1) is 20.3. The molecule has 150 valence electrons. The molecule has 1 amide bonds. The van der Waals surface area contributed by atoms with Crippen LogP contribution in [0.1, 0.15) is 24.9 Å². The zero-order chi connectivity index (χ0) is 20.8. The van der Waals surface area contributed by atoms with Crippen molar-refractivity contribution in [2.24, 2.45) is 0 Å². The molecule has 1 N–H and O–H groups in total. The molecule has 7 heteroatoms. The van der Waals surface area contributed by atoms with Crippen LogP contribution in [-0.4, -0.2) is 22.8 Å². The Morgan fingerprint density at radius 1 is 1.17 bits per heavy atom. The van der Waals surface area contributed by atoms with Crippen LogP contribution < -0.4 is 15.6 Å². The molecule has 1 atom stereocenters. The summed E-state index contributed by atoms with van der Waals surface area (Å²) in [6.45, 7) is 1.97. The molecule has 6 nitrogen and oxygen atoms in total. The number of nitrogens with one attached hydrogen (secondary N) is 1. The number of benzene rings is 2. The van der Waals surface area contributed by atoms with Crippen LogP contribution in [0.15, 0.2) is 65.5 Å². The van der Waals surface area contributed by atoms with E-state index in [1.54, 1.807) is 25.3 Å². The van der Waals surface area contributed by atoms with E-state index in [0.29, 0.717) is 11.4 Å². The first-order valence-electron chi connectivity index (χ1n) is 9.23. The number of carbonyl (C=O) groups is 1. The quantitative estimate of drug-likeness (QED) is 0.666. The van der Waals surface area contributed by atoms with E-state index in [1.807, 2.05) is 31.2 Å². The van der Waals surface area contributed by atoms with Gasteiger partial charge in [0, 0.05) is 18.1 Å². The summed E-state index contributed by atoms with van der Waals surface area (Å²) in [6, 6.07) is 16.1. The van der Waals surface area contributed by atoms with Crippen molar-refractivity contribution < 1.29 is 13.9 Å². The van der Waals surface area contributed by atoms with E-state index < -0.39 is 0 Å². The van der Waals surface area contributed by atoms with Crippen molar-refractivity contribution in [1.82, 2.24) is 15.1 Å². The Bertz CT molecular complexity index is 1050. The maximum absolute atomic E-state index is 13.0. The predicted octanol–water partition coefficient (Wildman–Crippen LogP) is 3.33. The van der Waals surface area contributed by atoms with Gasteiger partial charge in [-0.1, -0.05) is 24.3 Å².